The van der Waals surface area contributed by atoms with Crippen molar-refractivity contribution < 1.29 is 4.42 Å². The van der Waals surface area contributed by atoms with Crippen molar-refractivity contribution in [3.05, 3.63) is 46.7 Å². The van der Waals surface area contributed by atoms with Crippen LogP contribution >= 0.6 is 0 Å². The molecule has 0 saturated carbocycles. The highest BCUT2D eigenvalue weighted by molar-refractivity contribution is 5.76. The zero-order valence-electron chi connectivity index (χ0n) is 11.4. The predicted molar refractivity (Wildman–Crippen MR) is 76.6 cm³/mol. The zero-order valence-corrected chi connectivity index (χ0v) is 11.4. The summed E-state index contributed by atoms with van der Waals surface area (Å²) < 4.78 is 8.62. The van der Waals surface area contributed by atoms with Crippen LogP contribution in [-0.4, -0.2) is 14.3 Å². The summed E-state index contributed by atoms with van der Waals surface area (Å²) in [7, 11) is 0. The van der Waals surface area contributed by atoms with Crippen molar-refractivity contribution in [3.63, 3.8) is 0 Å². The molecule has 3 aromatic rings. The Kier molecular flexibility index (Phi) is 2.85. The number of fused-ring (bicyclic) bond motifs is 1. The first-order chi connectivity index (χ1) is 9.54. The van der Waals surface area contributed by atoms with Crippen molar-refractivity contribution in [1.82, 2.24) is 14.3 Å². The minimum Gasteiger partial charge on any atom is -0.408 e. The lowest BCUT2D eigenvalue weighted by atomic mass is 10.3. The highest BCUT2D eigenvalue weighted by Gasteiger charge is 2.11. The first kappa shape index (κ1) is 12.5. The minimum absolute atomic E-state index is 0.293. The summed E-state index contributed by atoms with van der Waals surface area (Å²) in [5.74, 6) is -0.398. The molecule has 2 heterocycles. The normalized spacial score (nSPS) is 11.6. The van der Waals surface area contributed by atoms with Gasteiger partial charge in [0.25, 0.3) is 0 Å². The van der Waals surface area contributed by atoms with Crippen LogP contribution in [0.2, 0.25) is 0 Å². The molecule has 6 heteroatoms. The maximum absolute atomic E-state index is 11.9. The molecule has 0 aliphatic rings. The lowest BCUT2D eigenvalue weighted by molar-refractivity contribution is 0.504. The molecule has 0 saturated heterocycles. The first-order valence-electron chi connectivity index (χ1n) is 6.47. The van der Waals surface area contributed by atoms with Gasteiger partial charge in [0.15, 0.2) is 5.58 Å². The Balaban J connectivity index is 2.01. The van der Waals surface area contributed by atoms with Crippen molar-refractivity contribution in [2.75, 3.05) is 5.73 Å². The van der Waals surface area contributed by atoms with Gasteiger partial charge in [-0.15, -0.1) is 0 Å². The summed E-state index contributed by atoms with van der Waals surface area (Å²) >= 11 is 0. The van der Waals surface area contributed by atoms with Gasteiger partial charge in [0.2, 0.25) is 0 Å². The van der Waals surface area contributed by atoms with Gasteiger partial charge in [0.1, 0.15) is 0 Å². The molecule has 0 radical (unpaired) electrons. The van der Waals surface area contributed by atoms with E-state index in [2.05, 4.69) is 18.9 Å². The molecule has 0 amide bonds. The van der Waals surface area contributed by atoms with Crippen molar-refractivity contribution in [1.29, 1.82) is 0 Å². The van der Waals surface area contributed by atoms with Crippen molar-refractivity contribution in [2.45, 2.75) is 26.4 Å². The maximum atomic E-state index is 11.9. The molecule has 0 spiro atoms. The molecule has 6 nitrogen and oxygen atoms in total. The molecule has 104 valence electrons. The smallest absolute Gasteiger partial charge is 0.408 e. The van der Waals surface area contributed by atoms with Crippen LogP contribution in [0.5, 0.6) is 0 Å². The Morgan fingerprint density at radius 3 is 2.85 bits per heavy atom. The molecule has 2 aromatic heterocycles. The summed E-state index contributed by atoms with van der Waals surface area (Å²) in [6.45, 7) is 4.49. The van der Waals surface area contributed by atoms with E-state index in [-0.39, 0.29) is 0 Å². The predicted octanol–water partition coefficient (Wildman–Crippen LogP) is 2.00. The number of benzene rings is 1. The van der Waals surface area contributed by atoms with Crippen LogP contribution in [0.1, 0.15) is 25.6 Å². The van der Waals surface area contributed by atoms with Gasteiger partial charge < -0.3 is 10.2 Å². The van der Waals surface area contributed by atoms with E-state index in [1.54, 1.807) is 22.8 Å². The number of nitrogens with two attached hydrogens (primary N) is 1. The summed E-state index contributed by atoms with van der Waals surface area (Å²) in [4.78, 5) is 11.9. The third-order valence-corrected chi connectivity index (χ3v) is 3.21. The first-order valence-corrected chi connectivity index (χ1v) is 6.47. The summed E-state index contributed by atoms with van der Waals surface area (Å²) in [5.41, 5.74) is 8.30. The average molecular weight is 272 g/mol. The molecule has 0 aliphatic heterocycles. The van der Waals surface area contributed by atoms with E-state index in [0.717, 1.165) is 11.2 Å². The van der Waals surface area contributed by atoms with Gasteiger partial charge in [0, 0.05) is 24.0 Å². The van der Waals surface area contributed by atoms with E-state index in [1.165, 1.54) is 0 Å². The molecule has 0 atom stereocenters. The fraction of sp³-hybridized carbons (Fsp3) is 0.286. The lowest BCUT2D eigenvalue weighted by Gasteiger charge is -2.04. The number of nitrogen functional groups attached to an aromatic ring is 1. The molecule has 0 unspecified atom stereocenters. The molecular formula is C14H16N4O2. The molecule has 0 fully saturated rings. The Morgan fingerprint density at radius 2 is 2.15 bits per heavy atom. The molecular weight excluding hydrogens is 256 g/mol. The SMILES string of the molecule is CC(C)n1ccc(Cn2c(=O)oc3cc(N)ccc32)n1. The molecule has 2 N–H and O–H groups in total. The summed E-state index contributed by atoms with van der Waals surface area (Å²) in [5, 5.41) is 4.44. The summed E-state index contributed by atoms with van der Waals surface area (Å²) in [6, 6.07) is 7.39. The van der Waals surface area contributed by atoms with Gasteiger partial charge in [-0.1, -0.05) is 0 Å². The molecule has 20 heavy (non-hydrogen) atoms. The zero-order chi connectivity index (χ0) is 14.3. The van der Waals surface area contributed by atoms with Crippen LogP contribution in [0.25, 0.3) is 11.1 Å². The van der Waals surface area contributed by atoms with Crippen molar-refractivity contribution >= 4 is 16.8 Å². The highest BCUT2D eigenvalue weighted by atomic mass is 16.4. The number of anilines is 1. The second kappa shape index (κ2) is 4.56. The molecule has 0 aliphatic carbocycles. The van der Waals surface area contributed by atoms with Gasteiger partial charge in [-0.25, -0.2) is 4.79 Å². The van der Waals surface area contributed by atoms with Gasteiger partial charge in [-0.2, -0.15) is 5.10 Å². The number of hydrogen-bond donors (Lipinski definition) is 1. The standard InChI is InChI=1S/C14H16N4O2/c1-9(2)18-6-5-11(16-18)8-17-12-4-3-10(15)7-13(12)20-14(17)19/h3-7,9H,8,15H2,1-2H3. The van der Waals surface area contributed by atoms with E-state index in [1.807, 2.05) is 16.9 Å². The monoisotopic (exact) mass is 272 g/mol. The summed E-state index contributed by atoms with van der Waals surface area (Å²) in [6.07, 6.45) is 1.91. The molecule has 1 aromatic carbocycles. The molecule has 3 rings (SSSR count). The van der Waals surface area contributed by atoms with Crippen molar-refractivity contribution in [3.8, 4) is 0 Å². The van der Waals surface area contributed by atoms with Gasteiger partial charge in [0.05, 0.1) is 17.8 Å². The van der Waals surface area contributed by atoms with Gasteiger partial charge in [-0.05, 0) is 32.0 Å². The van der Waals surface area contributed by atoms with Crippen LogP contribution < -0.4 is 11.5 Å². The number of hydrogen-bond acceptors (Lipinski definition) is 4. The fourth-order valence-corrected chi connectivity index (χ4v) is 2.14. The van der Waals surface area contributed by atoms with E-state index in [9.17, 15) is 4.79 Å². The number of rotatable bonds is 3. The third-order valence-electron chi connectivity index (χ3n) is 3.21. The van der Waals surface area contributed by atoms with Crippen LogP contribution in [0, 0.1) is 0 Å². The van der Waals surface area contributed by atoms with Crippen molar-refractivity contribution in [2.24, 2.45) is 0 Å². The van der Waals surface area contributed by atoms with Crippen LogP contribution in [0.15, 0.2) is 39.7 Å². The van der Waals surface area contributed by atoms with E-state index in [0.29, 0.717) is 23.9 Å². The Morgan fingerprint density at radius 1 is 1.35 bits per heavy atom. The Hall–Kier alpha value is -2.50. The number of aromatic nitrogens is 3. The van der Waals surface area contributed by atoms with E-state index in [4.69, 9.17) is 10.2 Å². The topological polar surface area (TPSA) is 79.0 Å². The average Bonchev–Trinajstić information content (AvgIpc) is 2.96. The second-order valence-corrected chi connectivity index (χ2v) is 5.06. The largest absolute Gasteiger partial charge is 0.420 e. The number of oxazole rings is 1. The highest BCUT2D eigenvalue weighted by Crippen LogP contribution is 2.17. The quantitative estimate of drug-likeness (QED) is 0.740. The van der Waals surface area contributed by atoms with E-state index >= 15 is 0 Å². The Bertz CT molecular complexity index is 810. The van der Waals surface area contributed by atoms with Gasteiger partial charge >= 0.3 is 5.76 Å². The maximum Gasteiger partial charge on any atom is 0.420 e. The minimum atomic E-state index is -0.398. The van der Waals surface area contributed by atoms with Gasteiger partial charge in [-0.3, -0.25) is 9.25 Å². The number of nitrogens with zero attached hydrogens (tertiary/aromatic N) is 3. The van der Waals surface area contributed by atoms with Crippen LogP contribution in [0.3, 0.4) is 0 Å². The fourth-order valence-electron chi connectivity index (χ4n) is 2.14. The lowest BCUT2D eigenvalue weighted by Crippen LogP contribution is -2.15. The third kappa shape index (κ3) is 2.09. The Labute approximate surface area is 115 Å². The van der Waals surface area contributed by atoms with E-state index < -0.39 is 5.76 Å². The second-order valence-electron chi connectivity index (χ2n) is 5.06. The van der Waals surface area contributed by atoms with Crippen LogP contribution in [0.4, 0.5) is 5.69 Å². The van der Waals surface area contributed by atoms with Crippen LogP contribution in [-0.2, 0) is 6.54 Å². The molecule has 0 bridgehead atoms.